The predicted octanol–water partition coefficient (Wildman–Crippen LogP) is 3.01. The van der Waals surface area contributed by atoms with E-state index >= 15 is 0 Å². The summed E-state index contributed by atoms with van der Waals surface area (Å²) in [6, 6.07) is 5.01. The number of hydrogen-bond acceptors (Lipinski definition) is 2. The first-order valence-corrected chi connectivity index (χ1v) is 5.17. The minimum absolute atomic E-state index is 0.0624. The van der Waals surface area contributed by atoms with Crippen molar-refractivity contribution < 1.29 is 4.79 Å². The number of Topliss-reactive ketones (excluding diaryl/α,β-unsaturated/α-hetero) is 1. The summed E-state index contributed by atoms with van der Waals surface area (Å²) in [4.78, 5) is 18.9. The van der Waals surface area contributed by atoms with Crippen LogP contribution in [0.15, 0.2) is 18.2 Å². The predicted molar refractivity (Wildman–Crippen MR) is 56.8 cm³/mol. The molecule has 1 aliphatic carbocycles. The van der Waals surface area contributed by atoms with Crippen LogP contribution in [0.25, 0.3) is 4.85 Å². The van der Waals surface area contributed by atoms with Crippen molar-refractivity contribution in [2.75, 3.05) is 0 Å². The molecule has 1 fully saturated rings. The Hall–Kier alpha value is -1.69. The number of pyridine rings is 1. The first-order chi connectivity index (χ1) is 7.29. The summed E-state index contributed by atoms with van der Waals surface area (Å²) < 4.78 is 0. The number of hydrogen-bond donors (Lipinski definition) is 0. The fourth-order valence-corrected chi connectivity index (χ4v) is 1.51. The van der Waals surface area contributed by atoms with Crippen molar-refractivity contribution in [3.8, 4) is 0 Å². The second-order valence-corrected chi connectivity index (χ2v) is 3.90. The SMILES string of the molecule is [C-]#[N+]c1cccc(C(=O)CCC2CC2)n1. The Morgan fingerprint density at radius 3 is 3.00 bits per heavy atom. The molecule has 1 aromatic heterocycles. The van der Waals surface area contributed by atoms with Gasteiger partial charge < -0.3 is 4.85 Å². The topological polar surface area (TPSA) is 34.3 Å². The fraction of sp³-hybridized carbons (Fsp3) is 0.417. The lowest BCUT2D eigenvalue weighted by molar-refractivity contribution is 0.0973. The van der Waals surface area contributed by atoms with E-state index in [9.17, 15) is 4.79 Å². The molecule has 0 aromatic carbocycles. The van der Waals surface area contributed by atoms with Crippen LogP contribution >= 0.6 is 0 Å². The van der Waals surface area contributed by atoms with Gasteiger partial charge in [0.15, 0.2) is 5.69 Å². The van der Waals surface area contributed by atoms with E-state index in [0.717, 1.165) is 12.3 Å². The van der Waals surface area contributed by atoms with Crippen LogP contribution in [0.2, 0.25) is 0 Å². The molecule has 0 N–H and O–H groups in total. The summed E-state index contributed by atoms with van der Waals surface area (Å²) in [6.07, 6.45) is 4.08. The number of aromatic nitrogens is 1. The van der Waals surface area contributed by atoms with Gasteiger partial charge in [0.1, 0.15) is 0 Å². The van der Waals surface area contributed by atoms with Gasteiger partial charge in [-0.25, -0.2) is 0 Å². The molecular formula is C12H12N2O. The Bertz CT molecular complexity index is 416. The van der Waals surface area contributed by atoms with Crippen LogP contribution in [0.4, 0.5) is 5.82 Å². The third kappa shape index (κ3) is 2.63. The van der Waals surface area contributed by atoms with Crippen LogP contribution in [0.5, 0.6) is 0 Å². The lowest BCUT2D eigenvalue weighted by Crippen LogP contribution is -2.01. The van der Waals surface area contributed by atoms with Gasteiger partial charge in [0.2, 0.25) is 5.78 Å². The van der Waals surface area contributed by atoms with Crippen LogP contribution in [-0.4, -0.2) is 10.8 Å². The first kappa shape index (κ1) is 9.85. The van der Waals surface area contributed by atoms with Gasteiger partial charge in [0, 0.05) is 6.42 Å². The number of carbonyl (C=O) groups is 1. The van der Waals surface area contributed by atoms with Crippen molar-refractivity contribution in [1.82, 2.24) is 4.98 Å². The second-order valence-electron chi connectivity index (χ2n) is 3.90. The highest BCUT2D eigenvalue weighted by Gasteiger charge is 2.23. The molecule has 0 aliphatic heterocycles. The zero-order chi connectivity index (χ0) is 10.7. The lowest BCUT2D eigenvalue weighted by Gasteiger charge is -1.96. The van der Waals surface area contributed by atoms with Gasteiger partial charge in [0.05, 0.1) is 0 Å². The molecule has 0 spiro atoms. The average Bonchev–Trinajstić information content (AvgIpc) is 3.10. The lowest BCUT2D eigenvalue weighted by atomic mass is 10.1. The molecule has 1 heterocycles. The molecule has 0 saturated heterocycles. The Labute approximate surface area is 89.0 Å². The highest BCUT2D eigenvalue weighted by molar-refractivity contribution is 5.94. The van der Waals surface area contributed by atoms with E-state index in [4.69, 9.17) is 6.57 Å². The van der Waals surface area contributed by atoms with Crippen molar-refractivity contribution >= 4 is 11.6 Å². The largest absolute Gasteiger partial charge is 0.361 e. The van der Waals surface area contributed by atoms with E-state index in [1.807, 2.05) is 0 Å². The molecule has 15 heavy (non-hydrogen) atoms. The minimum Gasteiger partial charge on any atom is -0.361 e. The van der Waals surface area contributed by atoms with Gasteiger partial charge >= 0.3 is 0 Å². The smallest absolute Gasteiger partial charge is 0.270 e. The number of nitrogens with zero attached hydrogens (tertiary/aromatic N) is 2. The van der Waals surface area contributed by atoms with E-state index in [0.29, 0.717) is 17.9 Å². The summed E-state index contributed by atoms with van der Waals surface area (Å²) in [5, 5.41) is 0. The van der Waals surface area contributed by atoms with E-state index in [2.05, 4.69) is 9.83 Å². The van der Waals surface area contributed by atoms with Crippen LogP contribution in [0.3, 0.4) is 0 Å². The zero-order valence-electron chi connectivity index (χ0n) is 8.44. The van der Waals surface area contributed by atoms with Crippen molar-refractivity contribution in [2.45, 2.75) is 25.7 Å². The Balaban J connectivity index is 2.00. The van der Waals surface area contributed by atoms with Crippen molar-refractivity contribution in [3.63, 3.8) is 0 Å². The molecule has 1 saturated carbocycles. The third-order valence-corrected chi connectivity index (χ3v) is 2.61. The van der Waals surface area contributed by atoms with Gasteiger partial charge in [-0.2, -0.15) is 0 Å². The van der Waals surface area contributed by atoms with Gasteiger partial charge in [-0.3, -0.25) is 4.79 Å². The molecule has 1 aromatic rings. The Morgan fingerprint density at radius 2 is 2.33 bits per heavy atom. The Morgan fingerprint density at radius 1 is 1.53 bits per heavy atom. The van der Waals surface area contributed by atoms with Gasteiger partial charge in [-0.05, 0) is 24.5 Å². The molecule has 76 valence electrons. The third-order valence-electron chi connectivity index (χ3n) is 2.61. The van der Waals surface area contributed by atoms with E-state index < -0.39 is 0 Å². The van der Waals surface area contributed by atoms with Crippen LogP contribution < -0.4 is 0 Å². The monoisotopic (exact) mass is 200 g/mol. The molecule has 2 rings (SSSR count). The maximum atomic E-state index is 11.7. The summed E-state index contributed by atoms with van der Waals surface area (Å²) in [5.41, 5.74) is 0.434. The molecule has 0 unspecified atom stereocenters. The number of ketones is 1. The average molecular weight is 200 g/mol. The van der Waals surface area contributed by atoms with E-state index in [1.54, 1.807) is 18.2 Å². The van der Waals surface area contributed by atoms with E-state index in [-0.39, 0.29) is 5.78 Å². The quantitative estimate of drug-likeness (QED) is 0.553. The summed E-state index contributed by atoms with van der Waals surface area (Å²) >= 11 is 0. The molecular weight excluding hydrogens is 188 g/mol. The van der Waals surface area contributed by atoms with E-state index in [1.165, 1.54) is 12.8 Å². The highest BCUT2D eigenvalue weighted by atomic mass is 16.1. The van der Waals surface area contributed by atoms with Crippen LogP contribution in [-0.2, 0) is 0 Å². The highest BCUT2D eigenvalue weighted by Crippen LogP contribution is 2.33. The fourth-order valence-electron chi connectivity index (χ4n) is 1.51. The Kier molecular flexibility index (Phi) is 2.77. The second kappa shape index (κ2) is 4.22. The molecule has 1 aliphatic rings. The van der Waals surface area contributed by atoms with Gasteiger partial charge in [-0.1, -0.05) is 25.5 Å². The zero-order valence-corrected chi connectivity index (χ0v) is 8.44. The minimum atomic E-state index is 0.0624. The summed E-state index contributed by atoms with van der Waals surface area (Å²) in [5.74, 6) is 1.12. The molecule has 3 nitrogen and oxygen atoms in total. The van der Waals surface area contributed by atoms with Crippen molar-refractivity contribution in [2.24, 2.45) is 5.92 Å². The standard InChI is InChI=1S/C12H12N2O/c1-13-12-4-2-3-10(14-12)11(15)8-7-9-5-6-9/h2-4,9H,5-8H2. The number of carbonyl (C=O) groups excluding carboxylic acids is 1. The van der Waals surface area contributed by atoms with Crippen LogP contribution in [0, 0.1) is 12.5 Å². The maximum Gasteiger partial charge on any atom is 0.270 e. The van der Waals surface area contributed by atoms with Crippen molar-refractivity contribution in [1.29, 1.82) is 0 Å². The van der Waals surface area contributed by atoms with Crippen LogP contribution in [0.1, 0.15) is 36.2 Å². The number of rotatable bonds is 4. The van der Waals surface area contributed by atoms with Gasteiger partial charge in [0.25, 0.3) is 5.82 Å². The summed E-state index contributed by atoms with van der Waals surface area (Å²) in [6.45, 7) is 6.81. The maximum absolute atomic E-state index is 11.7. The molecule has 0 atom stereocenters. The van der Waals surface area contributed by atoms with Gasteiger partial charge in [-0.15, -0.1) is 4.98 Å². The molecule has 3 heteroatoms. The molecule has 0 bridgehead atoms. The summed E-state index contributed by atoms with van der Waals surface area (Å²) in [7, 11) is 0. The van der Waals surface area contributed by atoms with Crippen molar-refractivity contribution in [3.05, 3.63) is 35.3 Å². The normalized spacial score (nSPS) is 14.6. The first-order valence-electron chi connectivity index (χ1n) is 5.17. The molecule has 0 amide bonds. The molecule has 0 radical (unpaired) electrons.